The first-order valence-electron chi connectivity index (χ1n) is 11.8. The molecular formula is C28H27N5O. The van der Waals surface area contributed by atoms with E-state index in [0.717, 1.165) is 70.4 Å². The van der Waals surface area contributed by atoms with E-state index in [1.807, 2.05) is 24.4 Å². The van der Waals surface area contributed by atoms with Crippen molar-refractivity contribution < 1.29 is 4.74 Å². The maximum atomic E-state index is 6.39. The largest absolute Gasteiger partial charge is 0.382 e. The van der Waals surface area contributed by atoms with Crippen molar-refractivity contribution in [3.63, 3.8) is 0 Å². The molecule has 0 amide bonds. The molecule has 170 valence electrons. The van der Waals surface area contributed by atoms with Gasteiger partial charge in [-0.25, -0.2) is 15.0 Å². The van der Waals surface area contributed by atoms with E-state index in [2.05, 4.69) is 51.8 Å². The molecule has 6 nitrogen and oxygen atoms in total. The first-order chi connectivity index (χ1) is 16.7. The van der Waals surface area contributed by atoms with Gasteiger partial charge in [-0.2, -0.15) is 0 Å². The zero-order valence-electron chi connectivity index (χ0n) is 19.2. The molecule has 1 aliphatic rings. The van der Waals surface area contributed by atoms with E-state index in [1.54, 1.807) is 13.3 Å². The van der Waals surface area contributed by atoms with E-state index in [0.29, 0.717) is 17.8 Å². The number of fused-ring (bicyclic) bond motifs is 2. The van der Waals surface area contributed by atoms with E-state index in [4.69, 9.17) is 20.4 Å². The van der Waals surface area contributed by atoms with Crippen LogP contribution in [-0.4, -0.2) is 32.6 Å². The number of aromatic nitrogens is 4. The number of nitrogen functional groups attached to an aromatic ring is 1. The molecule has 0 spiro atoms. The van der Waals surface area contributed by atoms with Crippen molar-refractivity contribution in [2.24, 2.45) is 0 Å². The van der Waals surface area contributed by atoms with Gasteiger partial charge in [0.25, 0.3) is 0 Å². The third-order valence-electron chi connectivity index (χ3n) is 7.02. The highest BCUT2D eigenvalue weighted by molar-refractivity contribution is 5.91. The minimum atomic E-state index is 0.346. The Bertz CT molecular complexity index is 1470. The second-order valence-corrected chi connectivity index (χ2v) is 9.03. The van der Waals surface area contributed by atoms with Crippen LogP contribution in [-0.2, 0) is 4.74 Å². The van der Waals surface area contributed by atoms with Crippen molar-refractivity contribution in [2.45, 2.75) is 37.7 Å². The lowest BCUT2D eigenvalue weighted by molar-refractivity contribution is 0.0650. The van der Waals surface area contributed by atoms with Crippen molar-refractivity contribution in [3.8, 4) is 22.5 Å². The normalized spacial score (nSPS) is 18.5. The number of ether oxygens (including phenoxy) is 1. The highest BCUT2D eigenvalue weighted by atomic mass is 16.5. The first-order valence-corrected chi connectivity index (χ1v) is 11.8. The Labute approximate surface area is 198 Å². The number of benzene rings is 2. The number of imidazole rings is 1. The van der Waals surface area contributed by atoms with Gasteiger partial charge in [-0.05, 0) is 37.8 Å². The lowest BCUT2D eigenvalue weighted by Gasteiger charge is -2.26. The lowest BCUT2D eigenvalue weighted by atomic mass is 9.87. The summed E-state index contributed by atoms with van der Waals surface area (Å²) in [5.41, 5.74) is 12.1. The summed E-state index contributed by atoms with van der Waals surface area (Å²) in [6.07, 6.45) is 8.29. The Morgan fingerprint density at radius 2 is 1.71 bits per heavy atom. The van der Waals surface area contributed by atoms with Crippen LogP contribution in [0.3, 0.4) is 0 Å². The standard InChI is InChI=1S/C28H27N5O/c1-34-22-12-9-20(10-13-22)28-32-25(26-27(29)30-15-16-33(26)28)21-8-7-19-11-14-23(31-24(19)17-21)18-5-3-2-4-6-18/h2-8,11,14-17,20,22H,9-10,12-13H2,1H3,(H2,29,30)/t20-,22+. The molecule has 34 heavy (non-hydrogen) atoms. The summed E-state index contributed by atoms with van der Waals surface area (Å²) in [4.78, 5) is 14.5. The van der Waals surface area contributed by atoms with Crippen LogP contribution in [0.4, 0.5) is 5.82 Å². The van der Waals surface area contributed by atoms with Crippen molar-refractivity contribution in [3.05, 3.63) is 78.9 Å². The SMILES string of the molecule is CO[C@H]1CC[C@@H](c2nc(-c3ccc4ccc(-c5ccccc5)nc4c3)c3c(N)nccn32)CC1. The Kier molecular flexibility index (Phi) is 5.23. The summed E-state index contributed by atoms with van der Waals surface area (Å²) < 4.78 is 7.71. The third kappa shape index (κ3) is 3.60. The van der Waals surface area contributed by atoms with E-state index in [9.17, 15) is 0 Å². The minimum absolute atomic E-state index is 0.346. The fourth-order valence-corrected chi connectivity index (χ4v) is 5.17. The molecule has 1 saturated carbocycles. The van der Waals surface area contributed by atoms with Crippen molar-refractivity contribution in [1.29, 1.82) is 0 Å². The molecule has 0 bridgehead atoms. The summed E-state index contributed by atoms with van der Waals surface area (Å²) in [7, 11) is 1.80. The molecule has 1 aliphatic carbocycles. The number of methoxy groups -OCH3 is 1. The summed E-state index contributed by atoms with van der Waals surface area (Å²) in [6.45, 7) is 0. The van der Waals surface area contributed by atoms with Crippen LogP contribution in [0.5, 0.6) is 0 Å². The number of nitrogens with zero attached hydrogens (tertiary/aromatic N) is 4. The highest BCUT2D eigenvalue weighted by Crippen LogP contribution is 2.38. The van der Waals surface area contributed by atoms with Gasteiger partial charge in [0.05, 0.1) is 17.3 Å². The number of hydrogen-bond acceptors (Lipinski definition) is 5. The smallest absolute Gasteiger partial charge is 0.150 e. The minimum Gasteiger partial charge on any atom is -0.382 e. The fourth-order valence-electron chi connectivity index (χ4n) is 5.17. The molecule has 3 heterocycles. The lowest BCUT2D eigenvalue weighted by Crippen LogP contribution is -2.20. The highest BCUT2D eigenvalue weighted by Gasteiger charge is 2.27. The summed E-state index contributed by atoms with van der Waals surface area (Å²) in [5, 5.41) is 1.09. The van der Waals surface area contributed by atoms with Gasteiger partial charge >= 0.3 is 0 Å². The molecule has 0 unspecified atom stereocenters. The maximum absolute atomic E-state index is 6.39. The quantitative estimate of drug-likeness (QED) is 0.371. The molecule has 6 rings (SSSR count). The van der Waals surface area contributed by atoms with Gasteiger partial charge in [-0.3, -0.25) is 4.40 Å². The number of nitrogens with two attached hydrogens (primary N) is 1. The van der Waals surface area contributed by atoms with Crippen molar-refractivity contribution in [1.82, 2.24) is 19.4 Å². The second kappa shape index (κ2) is 8.54. The van der Waals surface area contributed by atoms with Gasteiger partial charge in [0.15, 0.2) is 0 Å². The Morgan fingerprint density at radius 1 is 0.912 bits per heavy atom. The molecule has 2 aromatic carbocycles. The van der Waals surface area contributed by atoms with Crippen molar-refractivity contribution in [2.75, 3.05) is 12.8 Å². The van der Waals surface area contributed by atoms with E-state index in [-0.39, 0.29) is 0 Å². The number of anilines is 1. The average molecular weight is 450 g/mol. The molecule has 2 N–H and O–H groups in total. The summed E-state index contributed by atoms with van der Waals surface area (Å²) in [6, 6.07) is 20.8. The van der Waals surface area contributed by atoms with Gasteiger partial charge in [0.2, 0.25) is 0 Å². The molecule has 5 aromatic rings. The van der Waals surface area contributed by atoms with Crippen molar-refractivity contribution >= 4 is 22.2 Å². The molecule has 0 radical (unpaired) electrons. The molecular weight excluding hydrogens is 422 g/mol. The number of rotatable bonds is 4. The van der Waals surface area contributed by atoms with Crippen LogP contribution in [0.1, 0.15) is 37.4 Å². The van der Waals surface area contributed by atoms with Crippen LogP contribution in [0.2, 0.25) is 0 Å². The maximum Gasteiger partial charge on any atom is 0.150 e. The predicted molar refractivity (Wildman–Crippen MR) is 136 cm³/mol. The van der Waals surface area contributed by atoms with Crippen LogP contribution < -0.4 is 5.73 Å². The third-order valence-corrected chi connectivity index (χ3v) is 7.02. The predicted octanol–water partition coefficient (Wildman–Crippen LogP) is 5.87. The number of pyridine rings is 1. The molecule has 1 fully saturated rings. The van der Waals surface area contributed by atoms with Gasteiger partial charge < -0.3 is 10.5 Å². The van der Waals surface area contributed by atoms with Gasteiger partial charge in [-0.15, -0.1) is 0 Å². The van der Waals surface area contributed by atoms with Gasteiger partial charge in [0, 0.05) is 41.9 Å². The molecule has 3 aromatic heterocycles. The van der Waals surface area contributed by atoms with Crippen LogP contribution in [0.25, 0.3) is 38.9 Å². The first kappa shape index (κ1) is 20.8. The topological polar surface area (TPSA) is 78.3 Å². The zero-order valence-corrected chi connectivity index (χ0v) is 19.2. The van der Waals surface area contributed by atoms with Crippen LogP contribution >= 0.6 is 0 Å². The van der Waals surface area contributed by atoms with Crippen LogP contribution in [0.15, 0.2) is 73.1 Å². The fraction of sp³-hybridized carbons (Fsp3) is 0.250. The van der Waals surface area contributed by atoms with E-state index in [1.165, 1.54) is 0 Å². The zero-order chi connectivity index (χ0) is 23.1. The average Bonchev–Trinajstić information content (AvgIpc) is 3.30. The Morgan fingerprint density at radius 3 is 2.50 bits per heavy atom. The molecule has 0 aliphatic heterocycles. The monoisotopic (exact) mass is 449 g/mol. The molecule has 6 heteroatoms. The summed E-state index contributed by atoms with van der Waals surface area (Å²) >= 11 is 0. The number of hydrogen-bond donors (Lipinski definition) is 1. The van der Waals surface area contributed by atoms with Gasteiger partial charge in [-0.1, -0.05) is 48.5 Å². The van der Waals surface area contributed by atoms with E-state index >= 15 is 0 Å². The second-order valence-electron chi connectivity index (χ2n) is 9.03. The molecule has 0 atom stereocenters. The van der Waals surface area contributed by atoms with E-state index < -0.39 is 0 Å². The van der Waals surface area contributed by atoms with Crippen LogP contribution in [0, 0.1) is 0 Å². The Hall–Kier alpha value is -3.77. The summed E-state index contributed by atoms with van der Waals surface area (Å²) in [5.74, 6) is 1.92. The molecule has 0 saturated heterocycles. The van der Waals surface area contributed by atoms with Gasteiger partial charge in [0.1, 0.15) is 22.9 Å². The Balaban J connectivity index is 1.46.